The molecular formula is C46H47N. The third-order valence-electron chi connectivity index (χ3n) is 8.83. The highest BCUT2D eigenvalue weighted by Gasteiger charge is 2.15. The van der Waals surface area contributed by atoms with E-state index in [0.29, 0.717) is 5.92 Å². The van der Waals surface area contributed by atoms with Crippen molar-refractivity contribution in [2.24, 2.45) is 0 Å². The SMILES string of the molecule is CCC(C)c1ccccc1.Cc1ccc(-c2ccccc2-c2c(N(C)C)ccc3ccccc23)cc1.Cc1ccc2ccccc2c1. The van der Waals surface area contributed by atoms with Gasteiger partial charge >= 0.3 is 0 Å². The van der Waals surface area contributed by atoms with Crippen LogP contribution in [0.25, 0.3) is 43.8 Å². The van der Waals surface area contributed by atoms with Gasteiger partial charge in [0, 0.05) is 25.3 Å². The molecule has 7 rings (SSSR count). The standard InChI is InChI=1S/C25H23N.C11H10.C10H14/c1-18-12-14-20(15-13-18)21-9-6-7-11-23(21)25-22-10-5-4-8-19(22)16-17-24(25)26(2)3;1-9-6-7-10-4-2-3-5-11(10)8-9;1-3-9(2)10-7-5-4-6-8-10/h4-17H,1-3H3;2-8H,1H3;4-9H,3H2,1-2H3. The lowest BCUT2D eigenvalue weighted by molar-refractivity contribution is 0.733. The van der Waals surface area contributed by atoms with E-state index in [1.807, 2.05) is 0 Å². The van der Waals surface area contributed by atoms with Crippen LogP contribution < -0.4 is 4.90 Å². The Balaban J connectivity index is 0.000000169. The van der Waals surface area contributed by atoms with Crippen LogP contribution in [0.5, 0.6) is 0 Å². The van der Waals surface area contributed by atoms with Crippen molar-refractivity contribution in [1.82, 2.24) is 0 Å². The Morgan fingerprint density at radius 3 is 1.74 bits per heavy atom. The summed E-state index contributed by atoms with van der Waals surface area (Å²) in [5, 5.41) is 5.20. The number of benzene rings is 7. The van der Waals surface area contributed by atoms with Gasteiger partial charge in [-0.25, -0.2) is 0 Å². The van der Waals surface area contributed by atoms with Crippen molar-refractivity contribution in [1.29, 1.82) is 0 Å². The molecule has 1 heteroatoms. The molecule has 0 radical (unpaired) electrons. The minimum atomic E-state index is 0.709. The first-order valence-electron chi connectivity index (χ1n) is 16.7. The number of hydrogen-bond acceptors (Lipinski definition) is 1. The van der Waals surface area contributed by atoms with Crippen LogP contribution in [0, 0.1) is 13.8 Å². The molecule has 0 N–H and O–H groups in total. The lowest BCUT2D eigenvalue weighted by Gasteiger charge is -2.22. The number of hydrogen-bond donors (Lipinski definition) is 0. The van der Waals surface area contributed by atoms with E-state index in [2.05, 4.69) is 204 Å². The number of rotatable bonds is 5. The predicted octanol–water partition coefficient (Wildman–Crippen LogP) is 12.9. The Labute approximate surface area is 282 Å². The largest absolute Gasteiger partial charge is 0.377 e. The summed E-state index contributed by atoms with van der Waals surface area (Å²) in [6.07, 6.45) is 1.23. The number of anilines is 1. The second-order valence-electron chi connectivity index (χ2n) is 12.6. The molecule has 0 saturated carbocycles. The summed E-state index contributed by atoms with van der Waals surface area (Å²) in [6, 6.07) is 56.2. The van der Waals surface area contributed by atoms with Crippen molar-refractivity contribution < 1.29 is 0 Å². The molecule has 47 heavy (non-hydrogen) atoms. The van der Waals surface area contributed by atoms with Crippen LogP contribution in [0.15, 0.2) is 158 Å². The summed E-state index contributed by atoms with van der Waals surface area (Å²) in [7, 11) is 4.23. The van der Waals surface area contributed by atoms with Gasteiger partial charge in [-0.2, -0.15) is 0 Å². The summed E-state index contributed by atoms with van der Waals surface area (Å²) in [4.78, 5) is 2.20. The van der Waals surface area contributed by atoms with E-state index in [4.69, 9.17) is 0 Å². The minimum absolute atomic E-state index is 0.709. The summed E-state index contributed by atoms with van der Waals surface area (Å²) >= 11 is 0. The fourth-order valence-corrected chi connectivity index (χ4v) is 5.93. The van der Waals surface area contributed by atoms with Crippen LogP contribution in [0.1, 0.15) is 42.9 Å². The molecule has 1 nitrogen and oxygen atoms in total. The van der Waals surface area contributed by atoms with Crippen LogP contribution in [0.3, 0.4) is 0 Å². The van der Waals surface area contributed by atoms with Gasteiger partial charge < -0.3 is 4.90 Å². The van der Waals surface area contributed by atoms with Crippen LogP contribution in [-0.2, 0) is 0 Å². The Morgan fingerprint density at radius 2 is 1.06 bits per heavy atom. The smallest absolute Gasteiger partial charge is 0.0447 e. The Kier molecular flexibility index (Phi) is 11.3. The maximum atomic E-state index is 2.26. The quantitative estimate of drug-likeness (QED) is 0.187. The maximum absolute atomic E-state index is 2.26. The van der Waals surface area contributed by atoms with Gasteiger partial charge in [0.25, 0.3) is 0 Å². The lowest BCUT2D eigenvalue weighted by Crippen LogP contribution is -2.10. The molecule has 7 aromatic carbocycles. The van der Waals surface area contributed by atoms with Gasteiger partial charge in [0.15, 0.2) is 0 Å². The molecule has 1 unspecified atom stereocenters. The maximum Gasteiger partial charge on any atom is 0.0447 e. The van der Waals surface area contributed by atoms with Crippen molar-refractivity contribution in [3.05, 3.63) is 174 Å². The average molecular weight is 614 g/mol. The van der Waals surface area contributed by atoms with Crippen molar-refractivity contribution in [3.8, 4) is 22.3 Å². The topological polar surface area (TPSA) is 3.24 Å². The molecule has 0 saturated heterocycles. The van der Waals surface area contributed by atoms with Gasteiger partial charge in [-0.15, -0.1) is 0 Å². The predicted molar refractivity (Wildman–Crippen MR) is 208 cm³/mol. The zero-order valence-electron chi connectivity index (χ0n) is 28.7. The molecule has 7 aromatic rings. The molecule has 0 spiro atoms. The summed E-state index contributed by atoms with van der Waals surface area (Å²) < 4.78 is 0. The van der Waals surface area contributed by atoms with E-state index in [1.165, 1.54) is 72.6 Å². The molecule has 236 valence electrons. The molecule has 0 bridgehead atoms. The number of nitrogens with zero attached hydrogens (tertiary/aromatic N) is 1. The molecule has 0 fully saturated rings. The molecule has 0 aromatic heterocycles. The molecule has 1 atom stereocenters. The highest BCUT2D eigenvalue weighted by Crippen LogP contribution is 2.41. The van der Waals surface area contributed by atoms with E-state index in [9.17, 15) is 0 Å². The van der Waals surface area contributed by atoms with Crippen molar-refractivity contribution in [2.45, 2.75) is 40.0 Å². The Hall–Kier alpha value is -5.14. The van der Waals surface area contributed by atoms with Gasteiger partial charge in [-0.05, 0) is 76.1 Å². The summed E-state index contributed by atoms with van der Waals surface area (Å²) in [5.74, 6) is 0.709. The first kappa shape index (κ1) is 33.2. The van der Waals surface area contributed by atoms with Gasteiger partial charge in [-0.1, -0.05) is 177 Å². The Bertz CT molecular complexity index is 2020. The van der Waals surface area contributed by atoms with Crippen molar-refractivity contribution in [2.75, 3.05) is 19.0 Å². The van der Waals surface area contributed by atoms with E-state index in [1.54, 1.807) is 0 Å². The third kappa shape index (κ3) is 8.37. The van der Waals surface area contributed by atoms with Crippen LogP contribution in [0.4, 0.5) is 5.69 Å². The van der Waals surface area contributed by atoms with Gasteiger partial charge in [0.05, 0.1) is 0 Å². The first-order chi connectivity index (χ1) is 22.9. The Morgan fingerprint density at radius 1 is 0.511 bits per heavy atom. The molecular weight excluding hydrogens is 567 g/mol. The minimum Gasteiger partial charge on any atom is -0.377 e. The van der Waals surface area contributed by atoms with Crippen LogP contribution in [0.2, 0.25) is 0 Å². The van der Waals surface area contributed by atoms with Crippen molar-refractivity contribution in [3.63, 3.8) is 0 Å². The van der Waals surface area contributed by atoms with E-state index >= 15 is 0 Å². The van der Waals surface area contributed by atoms with E-state index in [0.717, 1.165) is 0 Å². The number of fused-ring (bicyclic) bond motifs is 2. The monoisotopic (exact) mass is 613 g/mol. The second kappa shape index (κ2) is 15.9. The highest BCUT2D eigenvalue weighted by molar-refractivity contribution is 6.06. The average Bonchev–Trinajstić information content (AvgIpc) is 3.12. The van der Waals surface area contributed by atoms with Crippen LogP contribution >= 0.6 is 0 Å². The van der Waals surface area contributed by atoms with E-state index < -0.39 is 0 Å². The molecule has 0 aliphatic heterocycles. The van der Waals surface area contributed by atoms with Gasteiger partial charge in [0.1, 0.15) is 0 Å². The molecule has 0 amide bonds. The fourth-order valence-electron chi connectivity index (χ4n) is 5.93. The summed E-state index contributed by atoms with van der Waals surface area (Å²) in [5.41, 5.74) is 10.4. The fraction of sp³-hybridized carbons (Fsp3) is 0.174. The lowest BCUT2D eigenvalue weighted by atomic mass is 9.90. The van der Waals surface area contributed by atoms with Gasteiger partial charge in [-0.3, -0.25) is 0 Å². The highest BCUT2D eigenvalue weighted by atomic mass is 15.1. The molecule has 0 heterocycles. The van der Waals surface area contributed by atoms with Crippen molar-refractivity contribution >= 4 is 27.2 Å². The van der Waals surface area contributed by atoms with E-state index in [-0.39, 0.29) is 0 Å². The summed E-state index contributed by atoms with van der Waals surface area (Å²) in [6.45, 7) is 8.73. The van der Waals surface area contributed by atoms with Gasteiger partial charge in [0.2, 0.25) is 0 Å². The third-order valence-corrected chi connectivity index (χ3v) is 8.83. The number of aryl methyl sites for hydroxylation is 2. The normalized spacial score (nSPS) is 11.2. The second-order valence-corrected chi connectivity index (χ2v) is 12.6. The zero-order chi connectivity index (χ0) is 33.2. The van der Waals surface area contributed by atoms with Crippen LogP contribution in [-0.4, -0.2) is 14.1 Å². The molecule has 0 aliphatic rings. The first-order valence-corrected chi connectivity index (χ1v) is 16.7. The zero-order valence-corrected chi connectivity index (χ0v) is 28.7. The molecule has 0 aliphatic carbocycles.